The quantitative estimate of drug-likeness (QED) is 0.473. The summed E-state index contributed by atoms with van der Waals surface area (Å²) < 4.78 is 1.66. The van der Waals surface area contributed by atoms with Gasteiger partial charge in [0.15, 0.2) is 5.82 Å². The second-order valence-electron chi connectivity index (χ2n) is 6.41. The minimum atomic E-state index is 0.414. The van der Waals surface area contributed by atoms with Gasteiger partial charge in [-0.15, -0.1) is 15.3 Å². The van der Waals surface area contributed by atoms with Crippen LogP contribution in [0.1, 0.15) is 5.69 Å². The van der Waals surface area contributed by atoms with Crippen molar-refractivity contribution in [2.75, 3.05) is 5.32 Å². The van der Waals surface area contributed by atoms with Crippen LogP contribution in [-0.4, -0.2) is 39.7 Å². The Morgan fingerprint density at radius 2 is 1.70 bits per heavy atom. The van der Waals surface area contributed by atoms with E-state index in [4.69, 9.17) is 11.6 Å². The Bertz CT molecular complexity index is 1330. The molecule has 5 rings (SSSR count). The van der Waals surface area contributed by atoms with Gasteiger partial charge < -0.3 is 5.32 Å². The van der Waals surface area contributed by atoms with Crippen LogP contribution in [0.4, 0.5) is 11.6 Å². The van der Waals surface area contributed by atoms with Gasteiger partial charge >= 0.3 is 0 Å². The van der Waals surface area contributed by atoms with E-state index in [1.165, 1.54) is 0 Å². The SMILES string of the molecule is Cc1c(-c2ccnc(Nc3ccc(Cl)cc3)n2)nnc2nc(-c3ccncc3)nn12. The lowest BCUT2D eigenvalue weighted by molar-refractivity contribution is 0.851. The molecule has 0 atom stereocenters. The highest BCUT2D eigenvalue weighted by Gasteiger charge is 2.15. The Hall–Kier alpha value is -3.98. The molecule has 0 amide bonds. The summed E-state index contributed by atoms with van der Waals surface area (Å²) in [5.74, 6) is 1.41. The summed E-state index contributed by atoms with van der Waals surface area (Å²) in [6.45, 7) is 1.90. The third-order valence-electron chi connectivity index (χ3n) is 4.43. The first kappa shape index (κ1) is 18.1. The van der Waals surface area contributed by atoms with Gasteiger partial charge in [0.2, 0.25) is 5.95 Å². The van der Waals surface area contributed by atoms with Crippen molar-refractivity contribution in [3.8, 4) is 22.8 Å². The molecule has 5 aromatic rings. The Morgan fingerprint density at radius 3 is 2.50 bits per heavy atom. The number of aromatic nitrogens is 8. The van der Waals surface area contributed by atoms with Crippen molar-refractivity contribution in [1.82, 2.24) is 39.7 Å². The first-order chi connectivity index (χ1) is 14.7. The fourth-order valence-electron chi connectivity index (χ4n) is 2.93. The van der Waals surface area contributed by atoms with E-state index in [1.807, 2.05) is 31.2 Å². The van der Waals surface area contributed by atoms with Crippen LogP contribution in [0.25, 0.3) is 28.6 Å². The average molecular weight is 416 g/mol. The molecule has 10 heteroatoms. The van der Waals surface area contributed by atoms with Crippen LogP contribution >= 0.6 is 11.6 Å². The molecule has 0 spiro atoms. The summed E-state index contributed by atoms with van der Waals surface area (Å²) >= 11 is 5.94. The molecule has 146 valence electrons. The zero-order valence-corrected chi connectivity index (χ0v) is 16.5. The number of hydrogen-bond acceptors (Lipinski definition) is 8. The summed E-state index contributed by atoms with van der Waals surface area (Å²) in [4.78, 5) is 17.3. The van der Waals surface area contributed by atoms with Crippen molar-refractivity contribution >= 4 is 29.0 Å². The zero-order chi connectivity index (χ0) is 20.5. The summed E-state index contributed by atoms with van der Waals surface area (Å²) in [6.07, 6.45) is 5.05. The van der Waals surface area contributed by atoms with Gasteiger partial charge in [-0.05, 0) is 49.4 Å². The fourth-order valence-corrected chi connectivity index (χ4v) is 3.06. The second kappa shape index (κ2) is 7.45. The Morgan fingerprint density at radius 1 is 0.900 bits per heavy atom. The molecule has 0 fully saturated rings. The number of anilines is 2. The maximum absolute atomic E-state index is 5.94. The number of fused-ring (bicyclic) bond motifs is 1. The maximum atomic E-state index is 5.94. The number of benzene rings is 1. The molecule has 1 aromatic carbocycles. The molecular weight excluding hydrogens is 402 g/mol. The Balaban J connectivity index is 1.51. The number of nitrogens with zero attached hydrogens (tertiary/aromatic N) is 8. The molecule has 1 N–H and O–H groups in total. The average Bonchev–Trinajstić information content (AvgIpc) is 3.22. The normalized spacial score (nSPS) is 11.0. The van der Waals surface area contributed by atoms with E-state index in [1.54, 1.807) is 41.3 Å². The van der Waals surface area contributed by atoms with Crippen LogP contribution in [0.15, 0.2) is 61.1 Å². The van der Waals surface area contributed by atoms with Crippen LogP contribution in [0.3, 0.4) is 0 Å². The Kier molecular flexibility index (Phi) is 4.49. The number of pyridine rings is 1. The van der Waals surface area contributed by atoms with Gasteiger partial charge in [-0.2, -0.15) is 9.50 Å². The second-order valence-corrected chi connectivity index (χ2v) is 6.85. The third-order valence-corrected chi connectivity index (χ3v) is 4.68. The van der Waals surface area contributed by atoms with Gasteiger partial charge in [-0.1, -0.05) is 11.6 Å². The highest BCUT2D eigenvalue weighted by Crippen LogP contribution is 2.22. The molecule has 4 aromatic heterocycles. The molecule has 0 saturated heterocycles. The van der Waals surface area contributed by atoms with Crippen LogP contribution in [0.2, 0.25) is 5.02 Å². The van der Waals surface area contributed by atoms with Gasteiger partial charge in [0, 0.05) is 34.9 Å². The van der Waals surface area contributed by atoms with E-state index >= 15 is 0 Å². The zero-order valence-electron chi connectivity index (χ0n) is 15.7. The van der Waals surface area contributed by atoms with Crippen LogP contribution in [0, 0.1) is 6.92 Å². The van der Waals surface area contributed by atoms with Gasteiger partial charge in [-0.3, -0.25) is 4.98 Å². The van der Waals surface area contributed by atoms with Crippen molar-refractivity contribution in [3.63, 3.8) is 0 Å². The topological polar surface area (TPSA) is 107 Å². The number of hydrogen-bond donors (Lipinski definition) is 1. The van der Waals surface area contributed by atoms with E-state index in [9.17, 15) is 0 Å². The first-order valence-electron chi connectivity index (χ1n) is 9.04. The number of nitrogens with one attached hydrogen (secondary N) is 1. The molecule has 4 heterocycles. The first-order valence-corrected chi connectivity index (χ1v) is 9.42. The standard InChI is InChI=1S/C20H14ClN9/c1-12-17(16-8-11-23-19(25-16)24-15-4-2-14(21)3-5-15)27-28-20-26-18(29-30(12)20)13-6-9-22-10-7-13/h2-11H,1H3,(H,23,24,25). The van der Waals surface area contributed by atoms with Crippen molar-refractivity contribution in [3.05, 3.63) is 71.8 Å². The molecule has 0 aliphatic rings. The molecular formula is C20H14ClN9. The fraction of sp³-hybridized carbons (Fsp3) is 0.0500. The lowest BCUT2D eigenvalue weighted by Crippen LogP contribution is -2.05. The van der Waals surface area contributed by atoms with E-state index in [-0.39, 0.29) is 0 Å². The highest BCUT2D eigenvalue weighted by molar-refractivity contribution is 6.30. The number of halogens is 1. The van der Waals surface area contributed by atoms with Gasteiger partial charge in [-0.25, -0.2) is 9.97 Å². The molecule has 0 bridgehead atoms. The smallest absolute Gasteiger partial charge is 0.272 e. The van der Waals surface area contributed by atoms with Crippen molar-refractivity contribution in [2.45, 2.75) is 6.92 Å². The largest absolute Gasteiger partial charge is 0.324 e. The predicted molar refractivity (Wildman–Crippen MR) is 112 cm³/mol. The van der Waals surface area contributed by atoms with E-state index in [2.05, 4.69) is 40.5 Å². The summed E-state index contributed by atoms with van der Waals surface area (Å²) in [5, 5.41) is 16.9. The lowest BCUT2D eigenvalue weighted by Gasteiger charge is -2.08. The lowest BCUT2D eigenvalue weighted by atomic mass is 10.2. The summed E-state index contributed by atoms with van der Waals surface area (Å²) in [6, 6.07) is 12.8. The molecule has 0 aliphatic heterocycles. The predicted octanol–water partition coefficient (Wildman–Crippen LogP) is 3.74. The molecule has 9 nitrogen and oxygen atoms in total. The van der Waals surface area contributed by atoms with Gasteiger partial charge in [0.1, 0.15) is 5.69 Å². The van der Waals surface area contributed by atoms with Crippen LogP contribution < -0.4 is 5.32 Å². The molecule has 0 saturated carbocycles. The minimum Gasteiger partial charge on any atom is -0.324 e. The highest BCUT2D eigenvalue weighted by atomic mass is 35.5. The Labute approximate surface area is 175 Å². The minimum absolute atomic E-state index is 0.414. The molecule has 0 unspecified atom stereocenters. The monoisotopic (exact) mass is 415 g/mol. The van der Waals surface area contributed by atoms with Crippen LogP contribution in [-0.2, 0) is 0 Å². The third kappa shape index (κ3) is 3.42. The number of aryl methyl sites for hydroxylation is 1. The molecule has 0 radical (unpaired) electrons. The van der Waals surface area contributed by atoms with Crippen molar-refractivity contribution in [1.29, 1.82) is 0 Å². The maximum Gasteiger partial charge on any atom is 0.272 e. The summed E-state index contributed by atoms with van der Waals surface area (Å²) in [7, 11) is 0. The summed E-state index contributed by atoms with van der Waals surface area (Å²) in [5.41, 5.74) is 3.66. The van der Waals surface area contributed by atoms with Crippen molar-refractivity contribution in [2.24, 2.45) is 0 Å². The van der Waals surface area contributed by atoms with Gasteiger partial charge in [0.25, 0.3) is 5.78 Å². The molecule has 0 aliphatic carbocycles. The van der Waals surface area contributed by atoms with Gasteiger partial charge in [0.05, 0.1) is 11.4 Å². The molecule has 30 heavy (non-hydrogen) atoms. The van der Waals surface area contributed by atoms with E-state index in [0.29, 0.717) is 34.0 Å². The van der Waals surface area contributed by atoms with E-state index in [0.717, 1.165) is 16.9 Å². The van der Waals surface area contributed by atoms with Crippen LogP contribution in [0.5, 0.6) is 0 Å². The van der Waals surface area contributed by atoms with Crippen molar-refractivity contribution < 1.29 is 0 Å². The number of rotatable bonds is 4. The van der Waals surface area contributed by atoms with E-state index < -0.39 is 0 Å².